The van der Waals surface area contributed by atoms with Gasteiger partial charge in [-0.3, -0.25) is 4.79 Å². The SMILES string of the molecule is Cc1cc(OCCCS(C)(=O)=O)cc(C)c1-c1cccc(OC=C2C=CC(CCC(=O)O)=CC2)n1. The number of hydrogen-bond acceptors (Lipinski definition) is 6. The summed E-state index contributed by atoms with van der Waals surface area (Å²) >= 11 is 0. The van der Waals surface area contributed by atoms with Gasteiger partial charge in [0.25, 0.3) is 0 Å². The highest BCUT2D eigenvalue weighted by Gasteiger charge is 2.12. The Morgan fingerprint density at radius 2 is 1.91 bits per heavy atom. The quantitative estimate of drug-likeness (QED) is 0.336. The predicted octanol–water partition coefficient (Wildman–Crippen LogP) is 5.19. The van der Waals surface area contributed by atoms with Crippen LogP contribution < -0.4 is 9.47 Å². The topological polar surface area (TPSA) is 103 Å². The maximum absolute atomic E-state index is 11.3. The summed E-state index contributed by atoms with van der Waals surface area (Å²) in [5.41, 5.74) is 5.77. The van der Waals surface area contributed by atoms with Crippen LogP contribution in [-0.4, -0.2) is 43.1 Å². The number of carbonyl (C=O) groups is 1. The van der Waals surface area contributed by atoms with Crippen LogP contribution >= 0.6 is 0 Å². The lowest BCUT2D eigenvalue weighted by atomic mass is 9.99. The fourth-order valence-corrected chi connectivity index (χ4v) is 4.44. The molecule has 0 saturated carbocycles. The third kappa shape index (κ3) is 8.40. The average molecular weight is 498 g/mol. The van der Waals surface area contributed by atoms with E-state index in [9.17, 15) is 13.2 Å². The number of hydrogen-bond donors (Lipinski definition) is 1. The zero-order chi connectivity index (χ0) is 25.4. The summed E-state index contributed by atoms with van der Waals surface area (Å²) in [6.45, 7) is 4.32. The van der Waals surface area contributed by atoms with Gasteiger partial charge in [-0.15, -0.1) is 0 Å². The third-order valence-electron chi connectivity index (χ3n) is 5.48. The summed E-state index contributed by atoms with van der Waals surface area (Å²) in [5, 5.41) is 8.81. The van der Waals surface area contributed by atoms with Crippen LogP contribution in [0.3, 0.4) is 0 Å². The molecule has 1 N–H and O–H groups in total. The molecule has 0 atom stereocenters. The fraction of sp³-hybridized carbons (Fsp3) is 0.333. The Labute approximate surface area is 206 Å². The summed E-state index contributed by atoms with van der Waals surface area (Å²) in [4.78, 5) is 15.4. The van der Waals surface area contributed by atoms with Gasteiger partial charge in [0, 0.05) is 24.3 Å². The van der Waals surface area contributed by atoms with Gasteiger partial charge in [-0.25, -0.2) is 13.4 Å². The van der Waals surface area contributed by atoms with E-state index < -0.39 is 15.8 Å². The minimum absolute atomic E-state index is 0.105. The van der Waals surface area contributed by atoms with E-state index in [0.717, 1.165) is 33.5 Å². The number of aliphatic carboxylic acids is 1. The molecule has 35 heavy (non-hydrogen) atoms. The number of benzene rings is 1. The summed E-state index contributed by atoms with van der Waals surface area (Å²) in [6.07, 6.45) is 10.5. The van der Waals surface area contributed by atoms with Crippen molar-refractivity contribution in [2.75, 3.05) is 18.6 Å². The molecule has 2 aromatic rings. The monoisotopic (exact) mass is 497 g/mol. The average Bonchev–Trinajstić information content (AvgIpc) is 2.79. The first-order valence-corrected chi connectivity index (χ1v) is 13.5. The molecule has 1 aromatic carbocycles. The van der Waals surface area contributed by atoms with E-state index in [1.54, 1.807) is 12.3 Å². The normalized spacial score (nSPS) is 14.6. The van der Waals surface area contributed by atoms with Crippen molar-refractivity contribution in [3.63, 3.8) is 0 Å². The molecule has 186 valence electrons. The molecule has 0 fully saturated rings. The Morgan fingerprint density at radius 3 is 2.54 bits per heavy atom. The summed E-state index contributed by atoms with van der Waals surface area (Å²) in [7, 11) is -2.99. The van der Waals surface area contributed by atoms with E-state index in [4.69, 9.17) is 14.6 Å². The fourth-order valence-electron chi connectivity index (χ4n) is 3.80. The second-order valence-electron chi connectivity index (χ2n) is 8.65. The van der Waals surface area contributed by atoms with E-state index in [1.807, 2.05) is 56.3 Å². The molecule has 0 amide bonds. The first-order valence-electron chi connectivity index (χ1n) is 11.4. The van der Waals surface area contributed by atoms with Gasteiger partial charge >= 0.3 is 5.97 Å². The highest BCUT2D eigenvalue weighted by atomic mass is 32.2. The highest BCUT2D eigenvalue weighted by molar-refractivity contribution is 7.90. The number of nitrogens with zero attached hydrogens (tertiary/aromatic N) is 1. The van der Waals surface area contributed by atoms with Crippen molar-refractivity contribution in [1.82, 2.24) is 4.98 Å². The predicted molar refractivity (Wildman–Crippen MR) is 136 cm³/mol. The number of sulfone groups is 1. The minimum Gasteiger partial charge on any atom is -0.494 e. The van der Waals surface area contributed by atoms with Crippen molar-refractivity contribution >= 4 is 15.8 Å². The number of rotatable bonds is 11. The van der Waals surface area contributed by atoms with Gasteiger partial charge in [0.05, 0.1) is 24.3 Å². The first-order chi connectivity index (χ1) is 16.6. The minimum atomic E-state index is -2.99. The molecule has 0 bridgehead atoms. The zero-order valence-electron chi connectivity index (χ0n) is 20.3. The van der Waals surface area contributed by atoms with Gasteiger partial charge < -0.3 is 14.6 Å². The van der Waals surface area contributed by atoms with E-state index >= 15 is 0 Å². The molecule has 3 rings (SSSR count). The van der Waals surface area contributed by atoms with Gasteiger partial charge in [-0.1, -0.05) is 29.9 Å². The lowest BCUT2D eigenvalue weighted by Crippen LogP contribution is -2.08. The second kappa shape index (κ2) is 11.8. The van der Waals surface area contributed by atoms with E-state index in [0.29, 0.717) is 37.5 Å². The number of aromatic nitrogens is 1. The molecule has 0 saturated heterocycles. The van der Waals surface area contributed by atoms with Crippen LogP contribution in [0.4, 0.5) is 0 Å². The van der Waals surface area contributed by atoms with Crippen LogP contribution in [0.15, 0.2) is 66.0 Å². The zero-order valence-corrected chi connectivity index (χ0v) is 21.1. The van der Waals surface area contributed by atoms with Crippen molar-refractivity contribution in [1.29, 1.82) is 0 Å². The molecule has 1 aromatic heterocycles. The van der Waals surface area contributed by atoms with Gasteiger partial charge in [-0.05, 0) is 68.0 Å². The number of allylic oxidation sites excluding steroid dienone is 5. The summed E-state index contributed by atoms with van der Waals surface area (Å²) in [6, 6.07) is 9.48. The molecule has 0 spiro atoms. The van der Waals surface area contributed by atoms with Crippen LogP contribution in [0.25, 0.3) is 11.3 Å². The molecule has 0 unspecified atom stereocenters. The number of carboxylic acid groups (broad SMARTS) is 1. The lowest BCUT2D eigenvalue weighted by Gasteiger charge is -2.14. The summed E-state index contributed by atoms with van der Waals surface area (Å²) in [5.74, 6) is 0.485. The Kier molecular flexibility index (Phi) is 8.87. The Bertz CT molecular complexity index is 1250. The number of carboxylic acids is 1. The Hall–Kier alpha value is -3.39. The summed E-state index contributed by atoms with van der Waals surface area (Å²) < 4.78 is 34.1. The number of aryl methyl sites for hydroxylation is 2. The molecular formula is C27H31NO6S. The van der Waals surface area contributed by atoms with Crippen LogP contribution in [0, 0.1) is 13.8 Å². The molecule has 1 heterocycles. The molecule has 8 heteroatoms. The van der Waals surface area contributed by atoms with Gasteiger partial charge in [0.15, 0.2) is 0 Å². The molecule has 0 radical (unpaired) electrons. The third-order valence-corrected chi connectivity index (χ3v) is 6.51. The maximum atomic E-state index is 11.3. The van der Waals surface area contributed by atoms with Crippen molar-refractivity contribution in [3.8, 4) is 22.9 Å². The number of ether oxygens (including phenoxy) is 2. The molecule has 1 aliphatic carbocycles. The lowest BCUT2D eigenvalue weighted by molar-refractivity contribution is -0.136. The van der Waals surface area contributed by atoms with E-state index in [-0.39, 0.29) is 12.2 Å². The first kappa shape index (κ1) is 26.2. The van der Waals surface area contributed by atoms with Crippen LogP contribution in [0.1, 0.15) is 36.8 Å². The number of pyridine rings is 1. The standard InChI is InChI=1S/C27H31NO6S/c1-19-16-23(33-14-5-15-35(3,31)32)17-20(2)27(19)24-6-4-7-25(28-24)34-18-22-10-8-21(9-11-22)12-13-26(29)30/h4,6-10,16-18H,5,11-15H2,1-3H3,(H,29,30). The molecular weight excluding hydrogens is 466 g/mol. The van der Waals surface area contributed by atoms with Crippen molar-refractivity contribution in [2.45, 2.75) is 39.5 Å². The van der Waals surface area contributed by atoms with Gasteiger partial charge in [0.2, 0.25) is 5.88 Å². The van der Waals surface area contributed by atoms with Crippen LogP contribution in [-0.2, 0) is 14.6 Å². The van der Waals surface area contributed by atoms with Gasteiger partial charge in [-0.2, -0.15) is 0 Å². The Morgan fingerprint density at radius 1 is 1.17 bits per heavy atom. The smallest absolute Gasteiger partial charge is 0.303 e. The highest BCUT2D eigenvalue weighted by Crippen LogP contribution is 2.31. The van der Waals surface area contributed by atoms with E-state index in [2.05, 4.69) is 4.98 Å². The van der Waals surface area contributed by atoms with Crippen molar-refractivity contribution in [3.05, 3.63) is 77.1 Å². The van der Waals surface area contributed by atoms with Gasteiger partial charge in [0.1, 0.15) is 15.6 Å². The Balaban J connectivity index is 1.65. The second-order valence-corrected chi connectivity index (χ2v) is 10.9. The molecule has 1 aliphatic rings. The molecule has 7 nitrogen and oxygen atoms in total. The maximum Gasteiger partial charge on any atom is 0.303 e. The largest absolute Gasteiger partial charge is 0.494 e. The van der Waals surface area contributed by atoms with Crippen LogP contribution in [0.2, 0.25) is 0 Å². The molecule has 0 aliphatic heterocycles. The van der Waals surface area contributed by atoms with Crippen molar-refractivity contribution < 1.29 is 27.8 Å². The van der Waals surface area contributed by atoms with Crippen LogP contribution in [0.5, 0.6) is 11.6 Å². The van der Waals surface area contributed by atoms with E-state index in [1.165, 1.54) is 6.26 Å². The van der Waals surface area contributed by atoms with Crippen molar-refractivity contribution in [2.24, 2.45) is 0 Å².